The van der Waals surface area contributed by atoms with Gasteiger partial charge in [0.15, 0.2) is 0 Å². The molecule has 27 heavy (non-hydrogen) atoms. The van der Waals surface area contributed by atoms with Crippen molar-refractivity contribution < 1.29 is 0 Å². The molecule has 134 valence electrons. The van der Waals surface area contributed by atoms with Gasteiger partial charge in [0.2, 0.25) is 0 Å². The summed E-state index contributed by atoms with van der Waals surface area (Å²) in [4.78, 5) is 19.4. The summed E-state index contributed by atoms with van der Waals surface area (Å²) < 4.78 is 0. The Hall–Kier alpha value is -3.44. The number of aromatic nitrogens is 2. The number of H-pyrrole nitrogens is 1. The molecule has 5 nitrogen and oxygen atoms in total. The fourth-order valence-electron chi connectivity index (χ4n) is 3.47. The van der Waals surface area contributed by atoms with Crippen LogP contribution in [-0.4, -0.2) is 9.97 Å². The second kappa shape index (κ2) is 7.05. The van der Waals surface area contributed by atoms with Crippen molar-refractivity contribution in [1.82, 2.24) is 9.97 Å². The first-order chi connectivity index (χ1) is 12.9. The van der Waals surface area contributed by atoms with Crippen LogP contribution >= 0.6 is 0 Å². The van der Waals surface area contributed by atoms with Crippen LogP contribution in [0.25, 0.3) is 10.9 Å². The largest absolute Gasteiger partial charge is 0.322 e. The van der Waals surface area contributed by atoms with Crippen LogP contribution in [-0.2, 0) is 18.3 Å². The van der Waals surface area contributed by atoms with E-state index < -0.39 is 5.41 Å². The number of aromatic amines is 1. The highest BCUT2D eigenvalue weighted by atomic mass is 16.1. The van der Waals surface area contributed by atoms with E-state index in [0.717, 1.165) is 27.6 Å². The van der Waals surface area contributed by atoms with Crippen molar-refractivity contribution in [2.24, 2.45) is 0 Å². The highest BCUT2D eigenvalue weighted by Crippen LogP contribution is 2.32. The molecular formula is C22H20N4O. The predicted octanol–water partition coefficient (Wildman–Crippen LogP) is 3.69. The van der Waals surface area contributed by atoms with E-state index in [2.05, 4.69) is 16.0 Å². The van der Waals surface area contributed by atoms with E-state index in [4.69, 9.17) is 5.26 Å². The summed E-state index contributed by atoms with van der Waals surface area (Å²) in [6, 6.07) is 15.5. The molecule has 1 unspecified atom stereocenters. The zero-order valence-electron chi connectivity index (χ0n) is 15.6. The number of nitriles is 2. The molecule has 0 radical (unpaired) electrons. The molecule has 0 saturated heterocycles. The van der Waals surface area contributed by atoms with E-state index in [0.29, 0.717) is 24.2 Å². The molecule has 0 aliphatic rings. The van der Waals surface area contributed by atoms with Gasteiger partial charge in [0.05, 0.1) is 11.5 Å². The van der Waals surface area contributed by atoms with Crippen molar-refractivity contribution in [2.45, 2.75) is 39.0 Å². The van der Waals surface area contributed by atoms with Gasteiger partial charge in [-0.25, -0.2) is 4.98 Å². The molecule has 5 heteroatoms. The third-order valence-corrected chi connectivity index (χ3v) is 4.94. The van der Waals surface area contributed by atoms with E-state index in [1.165, 1.54) is 0 Å². The van der Waals surface area contributed by atoms with Gasteiger partial charge < -0.3 is 4.98 Å². The average Bonchev–Trinajstić information content (AvgIpc) is 2.67. The van der Waals surface area contributed by atoms with Gasteiger partial charge in [0.25, 0.3) is 5.56 Å². The minimum Gasteiger partial charge on any atom is -0.322 e. The van der Waals surface area contributed by atoms with Crippen molar-refractivity contribution in [3.05, 3.63) is 74.8 Å². The maximum atomic E-state index is 12.2. The number of pyridine rings is 2. The number of rotatable bonds is 4. The molecule has 2 aromatic heterocycles. The number of benzene rings is 1. The molecule has 0 spiro atoms. The lowest BCUT2D eigenvalue weighted by molar-refractivity contribution is 0.593. The van der Waals surface area contributed by atoms with Gasteiger partial charge in [-0.05, 0) is 67.1 Å². The molecule has 1 N–H and O–H groups in total. The Labute approximate surface area is 157 Å². The summed E-state index contributed by atoms with van der Waals surface area (Å²) in [6.45, 7) is 5.79. The Bertz CT molecular complexity index is 1160. The SMILES string of the molecule is CCc1cc2cc(C)c(C(C)(C#N)Cc3cccc(C#N)n3)cc2[nH]c1=O. The number of nitrogens with one attached hydrogen (secondary N) is 1. The number of hydrogen-bond acceptors (Lipinski definition) is 4. The monoisotopic (exact) mass is 356 g/mol. The summed E-state index contributed by atoms with van der Waals surface area (Å²) in [7, 11) is 0. The summed E-state index contributed by atoms with van der Waals surface area (Å²) >= 11 is 0. The van der Waals surface area contributed by atoms with E-state index in [1.807, 2.05) is 51.1 Å². The Morgan fingerprint density at radius 1 is 1.22 bits per heavy atom. The van der Waals surface area contributed by atoms with Crippen LogP contribution in [0.15, 0.2) is 41.2 Å². The van der Waals surface area contributed by atoms with Crippen molar-refractivity contribution in [2.75, 3.05) is 0 Å². The van der Waals surface area contributed by atoms with Crippen LogP contribution in [0.1, 0.15) is 41.9 Å². The number of nitrogens with zero attached hydrogens (tertiary/aromatic N) is 3. The van der Waals surface area contributed by atoms with Crippen LogP contribution in [0, 0.1) is 29.6 Å². The third-order valence-electron chi connectivity index (χ3n) is 4.94. The van der Waals surface area contributed by atoms with Crippen LogP contribution in [0.4, 0.5) is 0 Å². The predicted molar refractivity (Wildman–Crippen MR) is 104 cm³/mol. The highest BCUT2D eigenvalue weighted by Gasteiger charge is 2.30. The Morgan fingerprint density at radius 3 is 2.67 bits per heavy atom. The second-order valence-corrected chi connectivity index (χ2v) is 6.98. The molecule has 3 rings (SSSR count). The topological polar surface area (TPSA) is 93.3 Å². The van der Waals surface area contributed by atoms with Crippen LogP contribution in [0.5, 0.6) is 0 Å². The average molecular weight is 356 g/mol. The molecule has 0 saturated carbocycles. The van der Waals surface area contributed by atoms with Gasteiger partial charge in [-0.2, -0.15) is 10.5 Å². The summed E-state index contributed by atoms with van der Waals surface area (Å²) in [5.74, 6) is 0. The zero-order chi connectivity index (χ0) is 19.6. The summed E-state index contributed by atoms with van der Waals surface area (Å²) in [5, 5.41) is 20.0. The Balaban J connectivity index is 2.12. The molecule has 1 atom stereocenters. The van der Waals surface area contributed by atoms with Crippen LogP contribution in [0.2, 0.25) is 0 Å². The molecule has 0 amide bonds. The van der Waals surface area contributed by atoms with Gasteiger partial charge in [0, 0.05) is 23.2 Å². The van der Waals surface area contributed by atoms with E-state index in [-0.39, 0.29) is 5.56 Å². The Morgan fingerprint density at radius 2 is 2.00 bits per heavy atom. The molecule has 0 fully saturated rings. The molecule has 3 aromatic rings. The van der Waals surface area contributed by atoms with Crippen molar-refractivity contribution >= 4 is 10.9 Å². The Kier molecular flexibility index (Phi) is 4.79. The quantitative estimate of drug-likeness (QED) is 0.771. The normalized spacial score (nSPS) is 12.9. The maximum absolute atomic E-state index is 12.2. The minimum atomic E-state index is -0.834. The van der Waals surface area contributed by atoms with Crippen LogP contribution in [0.3, 0.4) is 0 Å². The van der Waals surface area contributed by atoms with Gasteiger partial charge in [0.1, 0.15) is 11.8 Å². The minimum absolute atomic E-state index is 0.0955. The van der Waals surface area contributed by atoms with Crippen molar-refractivity contribution in [3.63, 3.8) is 0 Å². The fourth-order valence-corrected chi connectivity index (χ4v) is 3.47. The molecule has 2 heterocycles. The van der Waals surface area contributed by atoms with Gasteiger partial charge in [-0.1, -0.05) is 13.0 Å². The molecule has 0 aliphatic heterocycles. The smallest absolute Gasteiger partial charge is 0.251 e. The van der Waals surface area contributed by atoms with Gasteiger partial charge >= 0.3 is 0 Å². The fraction of sp³-hybridized carbons (Fsp3) is 0.273. The molecule has 0 bridgehead atoms. The maximum Gasteiger partial charge on any atom is 0.251 e. The first-order valence-electron chi connectivity index (χ1n) is 8.84. The molecule has 1 aromatic carbocycles. The first kappa shape index (κ1) is 18.4. The van der Waals surface area contributed by atoms with E-state index in [1.54, 1.807) is 12.1 Å². The summed E-state index contributed by atoms with van der Waals surface area (Å²) in [5.41, 5.74) is 3.39. The van der Waals surface area contributed by atoms with Gasteiger partial charge in [-0.15, -0.1) is 0 Å². The molecular weight excluding hydrogens is 336 g/mol. The lowest BCUT2D eigenvalue weighted by Crippen LogP contribution is -2.25. The summed E-state index contributed by atoms with van der Waals surface area (Å²) in [6.07, 6.45) is 1.05. The lowest BCUT2D eigenvalue weighted by Gasteiger charge is -2.24. The number of aryl methyl sites for hydroxylation is 2. The highest BCUT2D eigenvalue weighted by molar-refractivity contribution is 5.81. The molecule has 0 aliphatic carbocycles. The van der Waals surface area contributed by atoms with Crippen LogP contribution < -0.4 is 5.56 Å². The standard InChI is InChI=1S/C22H20N4O/c1-4-15-9-16-8-14(2)19(10-20(16)26-21(15)27)22(3,13-24)11-17-6-5-7-18(12-23)25-17/h5-10H,4,11H2,1-3H3,(H,26,27). The number of fused-ring (bicyclic) bond motifs is 1. The van der Waals surface area contributed by atoms with Crippen molar-refractivity contribution in [1.29, 1.82) is 10.5 Å². The van der Waals surface area contributed by atoms with E-state index in [9.17, 15) is 10.1 Å². The van der Waals surface area contributed by atoms with Crippen molar-refractivity contribution in [3.8, 4) is 12.1 Å². The zero-order valence-corrected chi connectivity index (χ0v) is 15.6. The van der Waals surface area contributed by atoms with Gasteiger partial charge in [-0.3, -0.25) is 4.79 Å². The lowest BCUT2D eigenvalue weighted by atomic mass is 9.77. The third kappa shape index (κ3) is 3.45. The second-order valence-electron chi connectivity index (χ2n) is 6.98. The first-order valence-corrected chi connectivity index (χ1v) is 8.84. The van der Waals surface area contributed by atoms with E-state index >= 15 is 0 Å². The number of hydrogen-bond donors (Lipinski definition) is 1.